The highest BCUT2D eigenvalue weighted by Gasteiger charge is 2.26. The minimum Gasteiger partial charge on any atom is -0.356 e. The third-order valence-corrected chi connectivity index (χ3v) is 4.81. The number of hydrogen-bond donors (Lipinski definition) is 3. The molecular weight excluding hydrogens is 302 g/mol. The average molecular weight is 327 g/mol. The normalized spacial score (nSPS) is 21.3. The minimum absolute atomic E-state index is 0.659. The van der Waals surface area contributed by atoms with Crippen LogP contribution in [0.25, 0.3) is 0 Å². The summed E-state index contributed by atoms with van der Waals surface area (Å²) in [6.45, 7) is 9.74. The van der Waals surface area contributed by atoms with Gasteiger partial charge in [0.1, 0.15) is 6.04 Å². The van der Waals surface area contributed by atoms with Crippen LogP contribution in [0.3, 0.4) is 0 Å². The minimum atomic E-state index is 0.659. The van der Waals surface area contributed by atoms with Crippen LogP contribution in [0.1, 0.15) is 30.9 Å². The second-order valence-electron chi connectivity index (χ2n) is 5.87. The van der Waals surface area contributed by atoms with Crippen molar-refractivity contribution in [3.63, 3.8) is 0 Å². The van der Waals surface area contributed by atoms with E-state index in [1.54, 1.807) is 4.90 Å². The fourth-order valence-electron chi connectivity index (χ4n) is 3.14. The summed E-state index contributed by atoms with van der Waals surface area (Å²) in [5.74, 6) is 0. The van der Waals surface area contributed by atoms with Crippen molar-refractivity contribution in [3.05, 3.63) is 28.3 Å². The number of likely N-dealkylation sites (N-methyl/N-ethyl adjacent to an activating group) is 1. The molecule has 116 valence electrons. The molecular formula is C16H25ClN3S+. The first-order chi connectivity index (χ1) is 10.0. The summed E-state index contributed by atoms with van der Waals surface area (Å²) in [6, 6.07) is 4.74. The third kappa shape index (κ3) is 4.31. The van der Waals surface area contributed by atoms with Gasteiger partial charge in [-0.1, -0.05) is 17.7 Å². The quantitative estimate of drug-likeness (QED) is 0.742. The molecule has 1 saturated heterocycles. The molecule has 0 saturated carbocycles. The maximum atomic E-state index is 6.30. The van der Waals surface area contributed by atoms with Gasteiger partial charge in [0.2, 0.25) is 0 Å². The molecule has 1 aromatic carbocycles. The summed E-state index contributed by atoms with van der Waals surface area (Å²) in [5, 5.41) is 7.97. The molecule has 2 rings (SSSR count). The maximum absolute atomic E-state index is 6.30. The zero-order valence-corrected chi connectivity index (χ0v) is 14.6. The molecule has 1 aromatic rings. The van der Waals surface area contributed by atoms with E-state index in [1.807, 2.05) is 19.9 Å². The standard InChI is InChI=1S/C16H24ClN3S/c1-4-20-7-5-6-13(20)10-18-16(21)19-15-12(3)8-11(2)9-14(15)17/h8-9,13H,4-7,10H2,1-3H3,(H2,18,19,21)/p+1/t13-/m0/s1. The summed E-state index contributed by atoms with van der Waals surface area (Å²) in [6.07, 6.45) is 2.60. The molecule has 1 aliphatic heterocycles. The largest absolute Gasteiger partial charge is 0.356 e. The molecule has 0 aliphatic carbocycles. The second-order valence-corrected chi connectivity index (χ2v) is 6.69. The van der Waals surface area contributed by atoms with Gasteiger partial charge in [-0.05, 0) is 50.2 Å². The van der Waals surface area contributed by atoms with Crippen molar-refractivity contribution in [2.24, 2.45) is 0 Å². The first-order valence-corrected chi connectivity index (χ1v) is 8.46. The van der Waals surface area contributed by atoms with Gasteiger partial charge in [0, 0.05) is 12.8 Å². The molecule has 3 N–H and O–H groups in total. The Bertz CT molecular complexity index is 495. The molecule has 21 heavy (non-hydrogen) atoms. The van der Waals surface area contributed by atoms with E-state index in [2.05, 4.69) is 23.6 Å². The van der Waals surface area contributed by atoms with Crippen molar-refractivity contribution in [2.45, 2.75) is 39.7 Å². The van der Waals surface area contributed by atoms with E-state index in [-0.39, 0.29) is 0 Å². The van der Waals surface area contributed by atoms with Crippen molar-refractivity contribution >= 4 is 34.6 Å². The number of thiocarbonyl (C=S) groups is 1. The zero-order valence-electron chi connectivity index (χ0n) is 13.1. The lowest BCUT2D eigenvalue weighted by atomic mass is 10.1. The molecule has 0 aromatic heterocycles. The van der Waals surface area contributed by atoms with Gasteiger partial charge in [0.15, 0.2) is 5.11 Å². The summed E-state index contributed by atoms with van der Waals surface area (Å²) in [7, 11) is 0. The maximum Gasteiger partial charge on any atom is 0.171 e. The Morgan fingerprint density at radius 2 is 2.19 bits per heavy atom. The SMILES string of the molecule is CC[NH+]1CCC[C@H]1CNC(=S)Nc1c(C)cc(C)cc1Cl. The predicted molar refractivity (Wildman–Crippen MR) is 94.5 cm³/mol. The molecule has 1 aliphatic rings. The molecule has 1 heterocycles. The van der Waals surface area contributed by atoms with Gasteiger partial charge in [-0.25, -0.2) is 0 Å². The number of hydrogen-bond acceptors (Lipinski definition) is 1. The van der Waals surface area contributed by atoms with Crippen molar-refractivity contribution in [1.29, 1.82) is 0 Å². The Morgan fingerprint density at radius 1 is 1.43 bits per heavy atom. The number of likely N-dealkylation sites (tertiary alicyclic amines) is 1. The fraction of sp³-hybridized carbons (Fsp3) is 0.562. The number of rotatable bonds is 4. The van der Waals surface area contributed by atoms with Gasteiger partial charge in [-0.2, -0.15) is 0 Å². The van der Waals surface area contributed by atoms with E-state index in [1.165, 1.54) is 25.9 Å². The van der Waals surface area contributed by atoms with Crippen LogP contribution in [0, 0.1) is 13.8 Å². The first-order valence-electron chi connectivity index (χ1n) is 7.67. The second kappa shape index (κ2) is 7.43. The van der Waals surface area contributed by atoms with Crippen LogP contribution in [0.15, 0.2) is 12.1 Å². The molecule has 1 fully saturated rings. The smallest absolute Gasteiger partial charge is 0.171 e. The molecule has 0 radical (unpaired) electrons. The third-order valence-electron chi connectivity index (χ3n) is 4.26. The first kappa shape index (κ1) is 16.5. The van der Waals surface area contributed by atoms with Crippen LogP contribution in [0.2, 0.25) is 5.02 Å². The van der Waals surface area contributed by atoms with E-state index < -0.39 is 0 Å². The van der Waals surface area contributed by atoms with E-state index >= 15 is 0 Å². The number of halogens is 1. The molecule has 0 amide bonds. The number of anilines is 1. The van der Waals surface area contributed by atoms with Crippen molar-refractivity contribution in [3.8, 4) is 0 Å². The molecule has 1 unspecified atom stereocenters. The summed E-state index contributed by atoms with van der Waals surface area (Å²) in [5.41, 5.74) is 3.19. The highest BCUT2D eigenvalue weighted by Crippen LogP contribution is 2.27. The van der Waals surface area contributed by atoms with E-state index in [0.29, 0.717) is 11.2 Å². The Morgan fingerprint density at radius 3 is 2.86 bits per heavy atom. The van der Waals surface area contributed by atoms with E-state index in [9.17, 15) is 0 Å². The van der Waals surface area contributed by atoms with Gasteiger partial charge in [-0.3, -0.25) is 0 Å². The van der Waals surface area contributed by atoms with E-state index in [0.717, 1.165) is 28.4 Å². The van der Waals surface area contributed by atoms with Crippen molar-refractivity contribution in [2.75, 3.05) is 25.0 Å². The van der Waals surface area contributed by atoms with Crippen LogP contribution in [0.5, 0.6) is 0 Å². The Labute approximate surface area is 138 Å². The topological polar surface area (TPSA) is 28.5 Å². The van der Waals surface area contributed by atoms with Gasteiger partial charge >= 0.3 is 0 Å². The Balaban J connectivity index is 1.90. The molecule has 5 heteroatoms. The number of benzene rings is 1. The molecule has 0 bridgehead atoms. The molecule has 0 spiro atoms. The van der Waals surface area contributed by atoms with Gasteiger partial charge in [0.05, 0.1) is 30.3 Å². The van der Waals surface area contributed by atoms with Crippen LogP contribution in [-0.4, -0.2) is 30.8 Å². The van der Waals surface area contributed by atoms with Crippen LogP contribution in [0.4, 0.5) is 5.69 Å². The summed E-state index contributed by atoms with van der Waals surface area (Å²) >= 11 is 11.7. The fourth-order valence-corrected chi connectivity index (χ4v) is 3.70. The number of nitrogens with one attached hydrogen (secondary N) is 3. The highest BCUT2D eigenvalue weighted by atomic mass is 35.5. The highest BCUT2D eigenvalue weighted by molar-refractivity contribution is 7.80. The van der Waals surface area contributed by atoms with Gasteiger partial charge in [0.25, 0.3) is 0 Å². The summed E-state index contributed by atoms with van der Waals surface area (Å²) < 4.78 is 0. The predicted octanol–water partition coefficient (Wildman–Crippen LogP) is 2.31. The zero-order chi connectivity index (χ0) is 15.4. The monoisotopic (exact) mass is 326 g/mol. The van der Waals surface area contributed by atoms with Crippen LogP contribution >= 0.6 is 23.8 Å². The molecule has 2 atom stereocenters. The lowest BCUT2D eigenvalue weighted by Crippen LogP contribution is -3.14. The number of quaternary nitrogens is 1. The van der Waals surface area contributed by atoms with Crippen LogP contribution < -0.4 is 15.5 Å². The number of aryl methyl sites for hydroxylation is 2. The Hall–Kier alpha value is -0.840. The van der Waals surface area contributed by atoms with Gasteiger partial charge in [-0.15, -0.1) is 0 Å². The van der Waals surface area contributed by atoms with Crippen LogP contribution in [-0.2, 0) is 0 Å². The van der Waals surface area contributed by atoms with Crippen molar-refractivity contribution < 1.29 is 4.90 Å². The lowest BCUT2D eigenvalue weighted by Gasteiger charge is -2.21. The van der Waals surface area contributed by atoms with E-state index in [4.69, 9.17) is 23.8 Å². The average Bonchev–Trinajstić information content (AvgIpc) is 2.88. The Kier molecular flexibility index (Phi) is 5.85. The molecule has 3 nitrogen and oxygen atoms in total. The lowest BCUT2D eigenvalue weighted by molar-refractivity contribution is -0.909. The summed E-state index contributed by atoms with van der Waals surface area (Å²) in [4.78, 5) is 1.68. The van der Waals surface area contributed by atoms with Gasteiger partial charge < -0.3 is 15.5 Å². The van der Waals surface area contributed by atoms with Crippen molar-refractivity contribution in [1.82, 2.24) is 5.32 Å².